The summed E-state index contributed by atoms with van der Waals surface area (Å²) in [5, 5.41) is 20.0. The lowest BCUT2D eigenvalue weighted by atomic mass is 10.0. The Hall–Kier alpha value is -2.36. The molecule has 1 fully saturated rings. The number of carbonyl (C=O) groups excluding carboxylic acids is 1. The molecule has 3 rings (SSSR count). The highest BCUT2D eigenvalue weighted by Gasteiger charge is 2.32. The quantitative estimate of drug-likeness (QED) is 0.667. The lowest BCUT2D eigenvalue weighted by Gasteiger charge is -2.38. The van der Waals surface area contributed by atoms with Gasteiger partial charge in [-0.3, -0.25) is 4.79 Å². The summed E-state index contributed by atoms with van der Waals surface area (Å²) in [6, 6.07) is 2.77. The lowest BCUT2D eigenvalue weighted by molar-refractivity contribution is 0.0538. The van der Waals surface area contributed by atoms with Crippen LogP contribution in [0.15, 0.2) is 12.1 Å². The number of aryl methyl sites for hydroxylation is 1. The number of piperidine rings is 1. The number of carboxylic acids is 1. The number of aromatic carboxylic acids is 1. The first-order valence-electron chi connectivity index (χ1n) is 8.51. The van der Waals surface area contributed by atoms with Crippen LogP contribution >= 0.6 is 23.2 Å². The Balaban J connectivity index is 1.68. The molecule has 0 spiro atoms. The molecule has 1 aliphatic rings. The normalized spacial score (nSPS) is 19.5. The highest BCUT2D eigenvalue weighted by atomic mass is 35.5. The maximum Gasteiger partial charge on any atom is 0.356 e. The topological polar surface area (TPSA) is 120 Å². The van der Waals surface area contributed by atoms with E-state index in [2.05, 4.69) is 20.5 Å². The van der Waals surface area contributed by atoms with Crippen LogP contribution in [0.4, 0.5) is 5.82 Å². The average molecular weight is 428 g/mol. The second-order valence-corrected chi connectivity index (χ2v) is 7.18. The molecule has 0 radical (unpaired) electrons. The van der Waals surface area contributed by atoms with Crippen molar-refractivity contribution in [3.63, 3.8) is 0 Å². The van der Waals surface area contributed by atoms with E-state index in [-0.39, 0.29) is 34.5 Å². The van der Waals surface area contributed by atoms with Gasteiger partial charge in [0.05, 0.1) is 22.2 Å². The molecule has 0 aromatic carbocycles. The third-order valence-corrected chi connectivity index (χ3v) is 5.60. The second kappa shape index (κ2) is 8.34. The summed E-state index contributed by atoms with van der Waals surface area (Å²) in [7, 11) is 1.56. The summed E-state index contributed by atoms with van der Waals surface area (Å²) in [6.45, 7) is 2.78. The Morgan fingerprint density at radius 2 is 2.07 bits per heavy atom. The van der Waals surface area contributed by atoms with Crippen LogP contribution in [0.25, 0.3) is 0 Å². The molecule has 0 aliphatic carbocycles. The van der Waals surface area contributed by atoms with E-state index in [4.69, 9.17) is 33.0 Å². The van der Waals surface area contributed by atoms with E-state index < -0.39 is 5.97 Å². The third-order valence-electron chi connectivity index (χ3n) is 4.65. The molecule has 2 aromatic rings. The molecule has 0 bridgehead atoms. The fraction of sp³-hybridized carbons (Fsp3) is 0.412. The number of carboxylic acid groups (broad SMARTS) is 1. The van der Waals surface area contributed by atoms with E-state index >= 15 is 0 Å². The van der Waals surface area contributed by atoms with E-state index in [9.17, 15) is 9.59 Å². The van der Waals surface area contributed by atoms with Gasteiger partial charge in [0, 0.05) is 25.9 Å². The van der Waals surface area contributed by atoms with Gasteiger partial charge in [0.1, 0.15) is 5.69 Å². The maximum atomic E-state index is 12.6. The number of amides is 1. The van der Waals surface area contributed by atoms with Gasteiger partial charge in [-0.15, -0.1) is 10.2 Å². The third kappa shape index (κ3) is 4.06. The molecule has 3 N–H and O–H groups in total. The van der Waals surface area contributed by atoms with E-state index in [0.717, 1.165) is 0 Å². The van der Waals surface area contributed by atoms with Crippen LogP contribution in [0, 0.1) is 6.92 Å². The van der Waals surface area contributed by atoms with Crippen LogP contribution in [-0.2, 0) is 4.74 Å². The molecule has 1 aliphatic heterocycles. The Morgan fingerprint density at radius 3 is 2.61 bits per heavy atom. The van der Waals surface area contributed by atoms with Gasteiger partial charge in [-0.25, -0.2) is 4.79 Å². The maximum absolute atomic E-state index is 12.6. The largest absolute Gasteiger partial charge is 0.476 e. The summed E-state index contributed by atoms with van der Waals surface area (Å²) in [6.07, 6.45) is 0.293. The Labute approximate surface area is 171 Å². The lowest BCUT2D eigenvalue weighted by Crippen LogP contribution is -2.55. The van der Waals surface area contributed by atoms with Crippen LogP contribution in [0.2, 0.25) is 10.0 Å². The predicted molar refractivity (Wildman–Crippen MR) is 103 cm³/mol. The molecule has 0 unspecified atom stereocenters. The van der Waals surface area contributed by atoms with Crippen molar-refractivity contribution in [1.29, 1.82) is 0 Å². The standard InChI is InChI=1S/C17H19Cl2N5O4/c1-8-13(18)14(19)15(20-8)16(25)21-9-5-6-24(7-11(9)28-2)12-4-3-10(17(26)27)22-23-12/h3-4,9,11,20H,5-7H2,1-2H3,(H,21,25)(H,26,27)/t9-,11+/m1/s1. The summed E-state index contributed by atoms with van der Waals surface area (Å²) in [5.74, 6) is -0.939. The zero-order valence-electron chi connectivity index (χ0n) is 15.2. The van der Waals surface area contributed by atoms with Crippen molar-refractivity contribution < 1.29 is 19.4 Å². The number of methoxy groups -OCH3 is 1. The zero-order chi connectivity index (χ0) is 20.4. The predicted octanol–water partition coefficient (Wildman–Crippen LogP) is 2.14. The van der Waals surface area contributed by atoms with Gasteiger partial charge in [0.25, 0.3) is 5.91 Å². The van der Waals surface area contributed by atoms with Crippen LogP contribution in [0.3, 0.4) is 0 Å². The summed E-state index contributed by atoms with van der Waals surface area (Å²) >= 11 is 12.1. The van der Waals surface area contributed by atoms with Crippen molar-refractivity contribution in [2.45, 2.75) is 25.5 Å². The highest BCUT2D eigenvalue weighted by molar-refractivity contribution is 6.44. The van der Waals surface area contributed by atoms with Gasteiger partial charge >= 0.3 is 5.97 Å². The number of rotatable bonds is 5. The molecule has 28 heavy (non-hydrogen) atoms. The molecule has 2 atom stereocenters. The van der Waals surface area contributed by atoms with Gasteiger partial charge in [0.2, 0.25) is 0 Å². The Bertz CT molecular complexity index is 886. The van der Waals surface area contributed by atoms with Gasteiger partial charge in [-0.1, -0.05) is 23.2 Å². The number of nitrogens with zero attached hydrogens (tertiary/aromatic N) is 3. The molecule has 2 aromatic heterocycles. The minimum absolute atomic E-state index is 0.119. The SMILES string of the molecule is CO[C@H]1CN(c2ccc(C(=O)O)nn2)CC[C@H]1NC(=O)c1[nH]c(C)c(Cl)c1Cl. The molecule has 0 saturated carbocycles. The molecular formula is C17H19Cl2N5O4. The summed E-state index contributed by atoms with van der Waals surface area (Å²) < 4.78 is 5.55. The van der Waals surface area contributed by atoms with E-state index in [0.29, 0.717) is 36.0 Å². The average Bonchev–Trinajstić information content (AvgIpc) is 2.95. The highest BCUT2D eigenvalue weighted by Crippen LogP contribution is 2.29. The molecular weight excluding hydrogens is 409 g/mol. The summed E-state index contributed by atoms with van der Waals surface area (Å²) in [5.41, 5.74) is 0.723. The fourth-order valence-corrected chi connectivity index (χ4v) is 3.52. The van der Waals surface area contributed by atoms with Gasteiger partial charge in [0.15, 0.2) is 11.5 Å². The Kier molecular flexibility index (Phi) is 6.07. The number of aromatic amines is 1. The Morgan fingerprint density at radius 1 is 1.32 bits per heavy atom. The molecule has 3 heterocycles. The molecule has 9 nitrogen and oxygen atoms in total. The molecule has 11 heteroatoms. The van der Waals surface area contributed by atoms with Crippen LogP contribution < -0.4 is 10.2 Å². The number of halogens is 2. The van der Waals surface area contributed by atoms with E-state index in [1.54, 1.807) is 20.1 Å². The van der Waals surface area contributed by atoms with Gasteiger partial charge < -0.3 is 25.0 Å². The molecule has 1 amide bonds. The fourth-order valence-electron chi connectivity index (χ4n) is 3.11. The number of ether oxygens (including phenoxy) is 1. The second-order valence-electron chi connectivity index (χ2n) is 6.42. The van der Waals surface area contributed by atoms with Crippen molar-refractivity contribution in [3.05, 3.63) is 39.3 Å². The number of nitrogens with one attached hydrogen (secondary N) is 2. The minimum Gasteiger partial charge on any atom is -0.476 e. The first-order chi connectivity index (χ1) is 13.3. The van der Waals surface area contributed by atoms with E-state index in [1.807, 2.05) is 4.90 Å². The number of H-pyrrole nitrogens is 1. The van der Waals surface area contributed by atoms with E-state index in [1.165, 1.54) is 6.07 Å². The smallest absolute Gasteiger partial charge is 0.356 e. The van der Waals surface area contributed by atoms with Gasteiger partial charge in [-0.2, -0.15) is 0 Å². The minimum atomic E-state index is -1.13. The number of anilines is 1. The molecule has 1 saturated heterocycles. The van der Waals surface area contributed by atoms with Crippen LogP contribution in [0.1, 0.15) is 33.1 Å². The van der Waals surface area contributed by atoms with Crippen molar-refractivity contribution in [2.75, 3.05) is 25.1 Å². The van der Waals surface area contributed by atoms with Gasteiger partial charge in [-0.05, 0) is 25.5 Å². The summed E-state index contributed by atoms with van der Waals surface area (Å²) in [4.78, 5) is 28.3. The van der Waals surface area contributed by atoms with Crippen molar-refractivity contribution in [3.8, 4) is 0 Å². The number of hydrogen-bond acceptors (Lipinski definition) is 6. The van der Waals surface area contributed by atoms with Crippen LogP contribution in [0.5, 0.6) is 0 Å². The van der Waals surface area contributed by atoms with Crippen molar-refractivity contribution in [2.24, 2.45) is 0 Å². The zero-order valence-corrected chi connectivity index (χ0v) is 16.7. The first-order valence-corrected chi connectivity index (χ1v) is 9.26. The van der Waals surface area contributed by atoms with Crippen molar-refractivity contribution >= 4 is 40.9 Å². The molecule has 150 valence electrons. The number of hydrogen-bond donors (Lipinski definition) is 3. The number of carbonyl (C=O) groups is 2. The van der Waals surface area contributed by atoms with Crippen LogP contribution in [-0.4, -0.2) is 64.5 Å². The van der Waals surface area contributed by atoms with Crippen molar-refractivity contribution in [1.82, 2.24) is 20.5 Å². The monoisotopic (exact) mass is 427 g/mol. The first kappa shape index (κ1) is 20.4. The number of aromatic nitrogens is 3.